The Balaban J connectivity index is 2.10. The lowest BCUT2D eigenvalue weighted by molar-refractivity contribution is 0.0635. The van der Waals surface area contributed by atoms with Crippen LogP contribution in [0.5, 0.6) is 5.75 Å². The van der Waals surface area contributed by atoms with Gasteiger partial charge in [-0.05, 0) is 64.2 Å². The summed E-state index contributed by atoms with van der Waals surface area (Å²) in [5.41, 5.74) is 1.39. The van der Waals surface area contributed by atoms with Gasteiger partial charge in [-0.15, -0.1) is 0 Å². The Morgan fingerprint density at radius 1 is 1.30 bits per heavy atom. The van der Waals surface area contributed by atoms with Gasteiger partial charge in [0, 0.05) is 11.7 Å². The van der Waals surface area contributed by atoms with Crippen molar-refractivity contribution in [3.8, 4) is 5.75 Å². The lowest BCUT2D eigenvalue weighted by atomic mass is 10.0. The summed E-state index contributed by atoms with van der Waals surface area (Å²) in [6.07, 6.45) is 2.01. The zero-order valence-electron chi connectivity index (χ0n) is 14.9. The molecule has 128 valence electrons. The Morgan fingerprint density at radius 2 is 1.96 bits per heavy atom. The average molecular weight is 320 g/mol. The number of carbonyl (C=O) groups excluding carboxylic acids is 1. The van der Waals surface area contributed by atoms with Crippen molar-refractivity contribution >= 4 is 17.5 Å². The van der Waals surface area contributed by atoms with Gasteiger partial charge in [0.25, 0.3) is 0 Å². The van der Waals surface area contributed by atoms with E-state index in [9.17, 15) is 4.79 Å². The Labute approximate surface area is 138 Å². The van der Waals surface area contributed by atoms with Crippen molar-refractivity contribution in [1.29, 1.82) is 0 Å². The van der Waals surface area contributed by atoms with E-state index < -0.39 is 11.7 Å². The molecule has 5 nitrogen and oxygen atoms in total. The SMILES string of the molecule is COc1ccc(NC(C)C2(C)CC2)cc1NC(=O)OC(C)(C)C. The van der Waals surface area contributed by atoms with Gasteiger partial charge in [-0.1, -0.05) is 6.92 Å². The molecule has 1 aromatic carbocycles. The fourth-order valence-electron chi connectivity index (χ4n) is 2.36. The molecule has 0 saturated heterocycles. The number of hydrogen-bond acceptors (Lipinski definition) is 4. The van der Waals surface area contributed by atoms with E-state index in [1.165, 1.54) is 12.8 Å². The molecule has 2 rings (SSSR count). The molecule has 23 heavy (non-hydrogen) atoms. The highest BCUT2D eigenvalue weighted by Crippen LogP contribution is 2.49. The second-order valence-electron chi connectivity index (χ2n) is 7.56. The molecule has 5 heteroatoms. The predicted molar refractivity (Wildman–Crippen MR) is 93.3 cm³/mol. The van der Waals surface area contributed by atoms with Gasteiger partial charge in [0.05, 0.1) is 12.8 Å². The number of anilines is 2. The first-order valence-corrected chi connectivity index (χ1v) is 8.07. The zero-order valence-corrected chi connectivity index (χ0v) is 14.9. The van der Waals surface area contributed by atoms with E-state index in [0.29, 0.717) is 22.9 Å². The maximum absolute atomic E-state index is 12.0. The van der Waals surface area contributed by atoms with E-state index in [0.717, 1.165) is 5.69 Å². The number of hydrogen-bond donors (Lipinski definition) is 2. The molecule has 1 unspecified atom stereocenters. The summed E-state index contributed by atoms with van der Waals surface area (Å²) in [4.78, 5) is 12.0. The third-order valence-electron chi connectivity index (χ3n) is 4.30. The summed E-state index contributed by atoms with van der Waals surface area (Å²) < 4.78 is 10.6. The molecule has 1 aromatic rings. The monoisotopic (exact) mass is 320 g/mol. The van der Waals surface area contributed by atoms with Crippen LogP contribution in [0.2, 0.25) is 0 Å². The van der Waals surface area contributed by atoms with Crippen molar-refractivity contribution in [3.05, 3.63) is 18.2 Å². The van der Waals surface area contributed by atoms with E-state index in [1.54, 1.807) is 7.11 Å². The summed E-state index contributed by atoms with van der Waals surface area (Å²) in [5.74, 6) is 0.603. The second-order valence-corrected chi connectivity index (χ2v) is 7.56. The molecule has 1 aliphatic rings. The number of methoxy groups -OCH3 is 1. The Bertz CT molecular complexity index is 574. The molecule has 1 aliphatic carbocycles. The van der Waals surface area contributed by atoms with Crippen LogP contribution >= 0.6 is 0 Å². The van der Waals surface area contributed by atoms with Gasteiger partial charge in [-0.3, -0.25) is 5.32 Å². The number of nitrogens with one attached hydrogen (secondary N) is 2. The number of benzene rings is 1. The minimum atomic E-state index is -0.539. The van der Waals surface area contributed by atoms with Crippen LogP contribution in [0.25, 0.3) is 0 Å². The van der Waals surface area contributed by atoms with E-state index >= 15 is 0 Å². The highest BCUT2D eigenvalue weighted by Gasteiger charge is 2.42. The maximum atomic E-state index is 12.0. The summed E-state index contributed by atoms with van der Waals surface area (Å²) >= 11 is 0. The summed E-state index contributed by atoms with van der Waals surface area (Å²) in [7, 11) is 1.58. The lowest BCUT2D eigenvalue weighted by Gasteiger charge is -2.23. The lowest BCUT2D eigenvalue weighted by Crippen LogP contribution is -2.27. The largest absolute Gasteiger partial charge is 0.495 e. The molecule has 0 aromatic heterocycles. The van der Waals surface area contributed by atoms with Gasteiger partial charge in [-0.25, -0.2) is 4.79 Å². The smallest absolute Gasteiger partial charge is 0.412 e. The first-order valence-electron chi connectivity index (χ1n) is 8.07. The minimum absolute atomic E-state index is 0.374. The molecule has 1 amide bonds. The zero-order chi connectivity index (χ0) is 17.3. The van der Waals surface area contributed by atoms with Crippen molar-refractivity contribution in [1.82, 2.24) is 0 Å². The highest BCUT2D eigenvalue weighted by atomic mass is 16.6. The fraction of sp³-hybridized carbons (Fsp3) is 0.611. The number of amides is 1. The molecular formula is C18H28N2O3. The molecule has 0 aliphatic heterocycles. The van der Waals surface area contributed by atoms with E-state index in [1.807, 2.05) is 39.0 Å². The number of rotatable bonds is 5. The Morgan fingerprint density at radius 3 is 2.48 bits per heavy atom. The van der Waals surface area contributed by atoms with Crippen LogP contribution in [0, 0.1) is 5.41 Å². The molecule has 0 bridgehead atoms. The van der Waals surface area contributed by atoms with E-state index in [2.05, 4.69) is 24.5 Å². The topological polar surface area (TPSA) is 59.6 Å². The number of carbonyl (C=O) groups is 1. The van der Waals surface area contributed by atoms with E-state index in [-0.39, 0.29) is 0 Å². The molecule has 0 heterocycles. The van der Waals surface area contributed by atoms with Gasteiger partial charge in [0.15, 0.2) is 0 Å². The third kappa shape index (κ3) is 4.78. The van der Waals surface area contributed by atoms with Crippen LogP contribution in [-0.2, 0) is 4.74 Å². The molecule has 0 spiro atoms. The van der Waals surface area contributed by atoms with Crippen LogP contribution in [0.3, 0.4) is 0 Å². The van der Waals surface area contributed by atoms with Gasteiger partial charge in [0.1, 0.15) is 11.4 Å². The van der Waals surface area contributed by atoms with Gasteiger partial charge in [-0.2, -0.15) is 0 Å². The van der Waals surface area contributed by atoms with Crippen LogP contribution in [0.1, 0.15) is 47.5 Å². The molecule has 1 fully saturated rings. The van der Waals surface area contributed by atoms with Gasteiger partial charge < -0.3 is 14.8 Å². The van der Waals surface area contributed by atoms with Crippen LogP contribution in [0.15, 0.2) is 18.2 Å². The standard InChI is InChI=1S/C18H28N2O3/c1-12(18(5)9-10-18)19-13-7-8-15(22-6)14(11-13)20-16(21)23-17(2,3)4/h7-8,11-12,19H,9-10H2,1-6H3,(H,20,21). The first-order chi connectivity index (χ1) is 10.6. The van der Waals surface area contributed by atoms with Crippen molar-refractivity contribution in [2.45, 2.75) is 59.1 Å². The second kappa shape index (κ2) is 6.30. The van der Waals surface area contributed by atoms with Gasteiger partial charge >= 0.3 is 6.09 Å². The molecule has 1 atom stereocenters. The number of ether oxygens (including phenoxy) is 2. The minimum Gasteiger partial charge on any atom is -0.495 e. The van der Waals surface area contributed by atoms with Crippen LogP contribution in [0.4, 0.5) is 16.2 Å². The molecule has 2 N–H and O–H groups in total. The Hall–Kier alpha value is -1.91. The quantitative estimate of drug-likeness (QED) is 0.829. The summed E-state index contributed by atoms with van der Waals surface area (Å²) in [5, 5.41) is 6.27. The average Bonchev–Trinajstić information content (AvgIpc) is 3.16. The van der Waals surface area contributed by atoms with Crippen molar-refractivity contribution in [2.75, 3.05) is 17.7 Å². The predicted octanol–water partition coefficient (Wildman–Crippen LogP) is 4.64. The molecular weight excluding hydrogens is 292 g/mol. The Kier molecular flexibility index (Phi) is 4.78. The summed E-state index contributed by atoms with van der Waals surface area (Å²) in [6.45, 7) is 9.98. The third-order valence-corrected chi connectivity index (χ3v) is 4.30. The van der Waals surface area contributed by atoms with E-state index in [4.69, 9.17) is 9.47 Å². The van der Waals surface area contributed by atoms with Crippen molar-refractivity contribution in [3.63, 3.8) is 0 Å². The maximum Gasteiger partial charge on any atom is 0.412 e. The van der Waals surface area contributed by atoms with Gasteiger partial charge in [0.2, 0.25) is 0 Å². The highest BCUT2D eigenvalue weighted by molar-refractivity contribution is 5.88. The molecule has 0 radical (unpaired) electrons. The van der Waals surface area contributed by atoms with Crippen molar-refractivity contribution in [2.24, 2.45) is 5.41 Å². The fourth-order valence-corrected chi connectivity index (χ4v) is 2.36. The first kappa shape index (κ1) is 17.4. The van der Waals surface area contributed by atoms with Crippen molar-refractivity contribution < 1.29 is 14.3 Å². The summed E-state index contributed by atoms with van der Waals surface area (Å²) in [6, 6.07) is 6.06. The molecule has 1 saturated carbocycles. The van der Waals surface area contributed by atoms with Crippen LogP contribution < -0.4 is 15.4 Å². The normalized spacial score (nSPS) is 17.1. The van der Waals surface area contributed by atoms with Crippen LogP contribution in [-0.4, -0.2) is 24.8 Å².